The number of nitrogens with one attached hydrogen (secondary N) is 1. The zero-order valence-electron chi connectivity index (χ0n) is 12.6. The van der Waals surface area contributed by atoms with Crippen LogP contribution in [0.4, 0.5) is 5.69 Å². The van der Waals surface area contributed by atoms with Gasteiger partial charge in [0.25, 0.3) is 0 Å². The summed E-state index contributed by atoms with van der Waals surface area (Å²) in [5.41, 5.74) is 8.26. The van der Waals surface area contributed by atoms with Crippen molar-refractivity contribution in [2.45, 2.75) is 45.2 Å². The van der Waals surface area contributed by atoms with Gasteiger partial charge in [0, 0.05) is 23.8 Å². The summed E-state index contributed by atoms with van der Waals surface area (Å²) >= 11 is 0. The van der Waals surface area contributed by atoms with E-state index in [-0.39, 0.29) is 17.5 Å². The van der Waals surface area contributed by atoms with Crippen LogP contribution < -0.4 is 16.0 Å². The minimum Gasteiger partial charge on any atom is -0.362 e. The maximum Gasteiger partial charge on any atom is 0.239 e. The lowest BCUT2D eigenvalue weighted by Gasteiger charge is -2.27. The summed E-state index contributed by atoms with van der Waals surface area (Å²) in [5, 5.41) is 3.02. The molecule has 0 aromatic heterocycles. The minimum absolute atomic E-state index is 0.0581. The van der Waals surface area contributed by atoms with E-state index in [4.69, 9.17) is 5.73 Å². The fourth-order valence-electron chi connectivity index (χ4n) is 2.66. The number of fused-ring (bicyclic) bond motifs is 1. The van der Waals surface area contributed by atoms with Gasteiger partial charge in [-0.1, -0.05) is 18.2 Å². The lowest BCUT2D eigenvalue weighted by atomic mass is 10.0. The smallest absolute Gasteiger partial charge is 0.239 e. The third-order valence-corrected chi connectivity index (χ3v) is 3.47. The Labute approximate surface area is 121 Å². The third kappa shape index (κ3) is 3.73. The van der Waals surface area contributed by atoms with Crippen molar-refractivity contribution in [3.8, 4) is 0 Å². The van der Waals surface area contributed by atoms with Gasteiger partial charge in [-0.05, 0) is 45.2 Å². The molecule has 1 amide bonds. The molecule has 1 aromatic rings. The zero-order chi connectivity index (χ0) is 14.8. The first-order valence-electron chi connectivity index (χ1n) is 7.27. The van der Waals surface area contributed by atoms with Crippen LogP contribution in [0.2, 0.25) is 0 Å². The molecular formula is C16H25N3O. The highest BCUT2D eigenvalue weighted by atomic mass is 16.2. The van der Waals surface area contributed by atoms with E-state index in [2.05, 4.69) is 22.3 Å². The van der Waals surface area contributed by atoms with Crippen molar-refractivity contribution < 1.29 is 4.79 Å². The molecule has 0 bridgehead atoms. The summed E-state index contributed by atoms with van der Waals surface area (Å²) in [7, 11) is 0. The van der Waals surface area contributed by atoms with Crippen LogP contribution in [0.25, 0.3) is 0 Å². The first-order valence-corrected chi connectivity index (χ1v) is 7.27. The molecule has 3 N–H and O–H groups in total. The van der Waals surface area contributed by atoms with E-state index >= 15 is 0 Å². The van der Waals surface area contributed by atoms with Crippen molar-refractivity contribution in [1.82, 2.24) is 5.32 Å². The Morgan fingerprint density at radius 2 is 2.10 bits per heavy atom. The monoisotopic (exact) mass is 275 g/mol. The molecule has 1 aromatic carbocycles. The van der Waals surface area contributed by atoms with Gasteiger partial charge in [0.05, 0.1) is 6.54 Å². The van der Waals surface area contributed by atoms with E-state index in [1.165, 1.54) is 0 Å². The topological polar surface area (TPSA) is 58.4 Å². The molecule has 4 heteroatoms. The van der Waals surface area contributed by atoms with Crippen molar-refractivity contribution in [2.24, 2.45) is 5.73 Å². The first-order chi connectivity index (χ1) is 9.37. The quantitative estimate of drug-likeness (QED) is 0.870. The number of amides is 1. The molecule has 0 saturated heterocycles. The number of para-hydroxylation sites is 1. The second kappa shape index (κ2) is 5.83. The van der Waals surface area contributed by atoms with Crippen molar-refractivity contribution >= 4 is 11.6 Å². The van der Waals surface area contributed by atoms with Crippen LogP contribution >= 0.6 is 0 Å². The zero-order valence-corrected chi connectivity index (χ0v) is 12.6. The van der Waals surface area contributed by atoms with Gasteiger partial charge in [-0.2, -0.15) is 0 Å². The molecule has 1 aliphatic heterocycles. The van der Waals surface area contributed by atoms with Crippen LogP contribution in [0.1, 0.15) is 45.2 Å². The van der Waals surface area contributed by atoms with Gasteiger partial charge < -0.3 is 16.0 Å². The predicted molar refractivity (Wildman–Crippen MR) is 82.7 cm³/mol. The number of anilines is 1. The molecule has 4 nitrogen and oxygen atoms in total. The summed E-state index contributed by atoms with van der Waals surface area (Å²) in [6, 6.07) is 8.22. The number of nitrogens with zero attached hydrogens (tertiary/aromatic N) is 1. The number of hydrogen-bond donors (Lipinski definition) is 2. The van der Waals surface area contributed by atoms with Crippen LogP contribution in [-0.4, -0.2) is 24.5 Å². The SMILES string of the molecule is CC(C)(C)NC(=O)CN1CCCC(N)c2ccccc21. The van der Waals surface area contributed by atoms with E-state index in [0.717, 1.165) is 30.6 Å². The number of hydrogen-bond acceptors (Lipinski definition) is 3. The molecule has 0 spiro atoms. The lowest BCUT2D eigenvalue weighted by Crippen LogP contribution is -2.46. The molecule has 1 atom stereocenters. The fraction of sp³-hybridized carbons (Fsp3) is 0.562. The Bertz CT molecular complexity index is 479. The normalized spacial score (nSPS) is 19.2. The van der Waals surface area contributed by atoms with Crippen molar-refractivity contribution in [2.75, 3.05) is 18.0 Å². The summed E-state index contributed by atoms with van der Waals surface area (Å²) in [5.74, 6) is 0.0581. The lowest BCUT2D eigenvalue weighted by molar-refractivity contribution is -0.121. The van der Waals surface area contributed by atoms with Gasteiger partial charge in [-0.15, -0.1) is 0 Å². The molecular weight excluding hydrogens is 250 g/mol. The Kier molecular flexibility index (Phi) is 4.33. The highest BCUT2D eigenvalue weighted by molar-refractivity contribution is 5.82. The van der Waals surface area contributed by atoms with Crippen LogP contribution in [0, 0.1) is 0 Å². The molecule has 110 valence electrons. The number of carbonyl (C=O) groups is 1. The van der Waals surface area contributed by atoms with Crippen molar-refractivity contribution in [3.05, 3.63) is 29.8 Å². The number of carbonyl (C=O) groups excluding carboxylic acids is 1. The van der Waals surface area contributed by atoms with Crippen LogP contribution in [-0.2, 0) is 4.79 Å². The summed E-state index contributed by atoms with van der Waals surface area (Å²) < 4.78 is 0. The van der Waals surface area contributed by atoms with Gasteiger partial charge in [-0.25, -0.2) is 0 Å². The van der Waals surface area contributed by atoms with Crippen molar-refractivity contribution in [3.63, 3.8) is 0 Å². The third-order valence-electron chi connectivity index (χ3n) is 3.47. The Morgan fingerprint density at radius 1 is 1.40 bits per heavy atom. The molecule has 0 saturated carbocycles. The van der Waals surface area contributed by atoms with Crippen molar-refractivity contribution in [1.29, 1.82) is 0 Å². The second-order valence-corrected chi connectivity index (χ2v) is 6.53. The molecule has 1 aliphatic rings. The number of benzene rings is 1. The van der Waals surface area contributed by atoms with Gasteiger partial charge in [0.15, 0.2) is 0 Å². The molecule has 20 heavy (non-hydrogen) atoms. The Morgan fingerprint density at radius 3 is 2.80 bits per heavy atom. The highest BCUT2D eigenvalue weighted by Crippen LogP contribution is 2.30. The van der Waals surface area contributed by atoms with Gasteiger partial charge in [-0.3, -0.25) is 4.79 Å². The van der Waals surface area contributed by atoms with Crippen LogP contribution in [0.3, 0.4) is 0 Å². The molecule has 0 fully saturated rings. The van der Waals surface area contributed by atoms with E-state index in [1.807, 2.05) is 32.9 Å². The minimum atomic E-state index is -0.196. The molecule has 1 heterocycles. The largest absolute Gasteiger partial charge is 0.362 e. The average molecular weight is 275 g/mol. The van der Waals surface area contributed by atoms with Gasteiger partial charge >= 0.3 is 0 Å². The molecule has 1 unspecified atom stereocenters. The molecule has 0 aliphatic carbocycles. The Balaban J connectivity index is 2.16. The van der Waals surface area contributed by atoms with Gasteiger partial charge in [0.1, 0.15) is 0 Å². The van der Waals surface area contributed by atoms with Crippen LogP contribution in [0.15, 0.2) is 24.3 Å². The summed E-state index contributed by atoms with van der Waals surface area (Å²) in [6.45, 7) is 7.26. The maximum absolute atomic E-state index is 12.1. The average Bonchev–Trinajstić information content (AvgIpc) is 2.49. The summed E-state index contributed by atoms with van der Waals surface area (Å²) in [6.07, 6.45) is 1.98. The Hall–Kier alpha value is -1.55. The maximum atomic E-state index is 12.1. The molecule has 0 radical (unpaired) electrons. The predicted octanol–water partition coefficient (Wildman–Crippen LogP) is 2.20. The van der Waals surface area contributed by atoms with E-state index in [0.29, 0.717) is 6.54 Å². The number of rotatable bonds is 2. The van der Waals surface area contributed by atoms with E-state index in [1.54, 1.807) is 0 Å². The van der Waals surface area contributed by atoms with Gasteiger partial charge in [0.2, 0.25) is 5.91 Å². The standard InChI is InChI=1S/C16H25N3O/c1-16(2,3)18-15(20)11-19-10-6-8-13(17)12-7-4-5-9-14(12)19/h4-5,7,9,13H,6,8,10-11,17H2,1-3H3,(H,18,20). The van der Waals surface area contributed by atoms with E-state index in [9.17, 15) is 4.79 Å². The fourth-order valence-corrected chi connectivity index (χ4v) is 2.66. The highest BCUT2D eigenvalue weighted by Gasteiger charge is 2.22. The molecule has 2 rings (SSSR count). The van der Waals surface area contributed by atoms with Crippen LogP contribution in [0.5, 0.6) is 0 Å². The first kappa shape index (κ1) is 14.9. The summed E-state index contributed by atoms with van der Waals surface area (Å²) in [4.78, 5) is 14.3. The van der Waals surface area contributed by atoms with E-state index < -0.39 is 0 Å². The number of nitrogens with two attached hydrogens (primary N) is 1. The second-order valence-electron chi connectivity index (χ2n) is 6.53.